The predicted molar refractivity (Wildman–Crippen MR) is 84.2 cm³/mol. The lowest BCUT2D eigenvalue weighted by molar-refractivity contribution is -0.118. The molecule has 21 heavy (non-hydrogen) atoms. The van der Waals surface area contributed by atoms with E-state index in [1.807, 2.05) is 38.1 Å². The van der Waals surface area contributed by atoms with Gasteiger partial charge in [-0.3, -0.25) is 4.79 Å². The number of benzene rings is 1. The van der Waals surface area contributed by atoms with E-state index in [1.54, 1.807) is 0 Å². The lowest BCUT2D eigenvalue weighted by atomic mass is 10.0. The highest BCUT2D eigenvalue weighted by Crippen LogP contribution is 2.25. The standard InChI is InChI=1S/C14H18N4O2S/c1-8(2)7-10(16-13(15)20)12(19)18-14-17-9-5-3-4-6-11(9)21-14/h3-6,8,10H,7H2,1-2H3,(H3,15,16,20)(H,17,18,19)/t10-/m0/s1. The molecule has 2 rings (SSSR count). The predicted octanol–water partition coefficient (Wildman–Crippen LogP) is 2.32. The van der Waals surface area contributed by atoms with E-state index in [0.717, 1.165) is 10.2 Å². The van der Waals surface area contributed by atoms with Crippen LogP contribution in [-0.4, -0.2) is 23.0 Å². The number of fused-ring (bicyclic) bond motifs is 1. The van der Waals surface area contributed by atoms with Gasteiger partial charge in [-0.2, -0.15) is 0 Å². The van der Waals surface area contributed by atoms with Gasteiger partial charge in [0.25, 0.3) is 0 Å². The second-order valence-corrected chi connectivity index (χ2v) is 6.20. The Labute approximate surface area is 126 Å². The van der Waals surface area contributed by atoms with Gasteiger partial charge in [-0.1, -0.05) is 37.3 Å². The van der Waals surface area contributed by atoms with Gasteiger partial charge < -0.3 is 16.4 Å². The molecule has 6 nitrogen and oxygen atoms in total. The summed E-state index contributed by atoms with van der Waals surface area (Å²) in [6.45, 7) is 3.95. The molecule has 3 amide bonds. The summed E-state index contributed by atoms with van der Waals surface area (Å²) in [5, 5.41) is 5.72. The Bertz CT molecular complexity index is 620. The van der Waals surface area contributed by atoms with E-state index in [2.05, 4.69) is 15.6 Å². The fourth-order valence-electron chi connectivity index (χ4n) is 1.99. The van der Waals surface area contributed by atoms with Crippen molar-refractivity contribution < 1.29 is 9.59 Å². The average molecular weight is 306 g/mol. The molecule has 2 aromatic rings. The summed E-state index contributed by atoms with van der Waals surface area (Å²) in [5.74, 6) is -0.0514. The van der Waals surface area contributed by atoms with Gasteiger partial charge in [0.05, 0.1) is 10.2 Å². The average Bonchev–Trinajstić information content (AvgIpc) is 2.78. The fourth-order valence-corrected chi connectivity index (χ4v) is 2.86. The Morgan fingerprint density at radius 2 is 2.05 bits per heavy atom. The lowest BCUT2D eigenvalue weighted by Gasteiger charge is -2.18. The minimum absolute atomic E-state index is 0.253. The number of nitrogens with one attached hydrogen (secondary N) is 2. The number of hydrogen-bond acceptors (Lipinski definition) is 4. The second kappa shape index (κ2) is 6.53. The van der Waals surface area contributed by atoms with Crippen molar-refractivity contribution in [1.82, 2.24) is 10.3 Å². The van der Waals surface area contributed by atoms with Crippen molar-refractivity contribution in [3.05, 3.63) is 24.3 Å². The van der Waals surface area contributed by atoms with Crippen LogP contribution in [0.3, 0.4) is 0 Å². The molecule has 0 aliphatic carbocycles. The lowest BCUT2D eigenvalue weighted by Crippen LogP contribution is -2.46. The first kappa shape index (κ1) is 15.2. The summed E-state index contributed by atoms with van der Waals surface area (Å²) in [5.41, 5.74) is 5.95. The third kappa shape index (κ3) is 4.16. The zero-order valence-corrected chi connectivity index (χ0v) is 12.7. The van der Waals surface area contributed by atoms with Gasteiger partial charge in [-0.15, -0.1) is 0 Å². The molecular formula is C14H18N4O2S. The summed E-state index contributed by atoms with van der Waals surface area (Å²) in [6.07, 6.45) is 0.514. The number of thiazole rings is 1. The number of amides is 3. The minimum Gasteiger partial charge on any atom is -0.352 e. The zero-order chi connectivity index (χ0) is 15.4. The van der Waals surface area contributed by atoms with E-state index in [0.29, 0.717) is 11.6 Å². The van der Waals surface area contributed by atoms with E-state index in [1.165, 1.54) is 11.3 Å². The normalized spacial score (nSPS) is 12.3. The monoisotopic (exact) mass is 306 g/mol. The maximum Gasteiger partial charge on any atom is 0.312 e. The number of urea groups is 1. The molecule has 0 radical (unpaired) electrons. The number of para-hydroxylation sites is 1. The molecule has 0 spiro atoms. The molecular weight excluding hydrogens is 288 g/mol. The van der Waals surface area contributed by atoms with E-state index >= 15 is 0 Å². The number of carbonyl (C=O) groups excluding carboxylic acids is 2. The number of nitrogens with two attached hydrogens (primary N) is 1. The largest absolute Gasteiger partial charge is 0.352 e. The number of nitrogens with zero attached hydrogens (tertiary/aromatic N) is 1. The number of aromatic nitrogens is 1. The van der Waals surface area contributed by atoms with E-state index in [4.69, 9.17) is 5.73 Å². The quantitative estimate of drug-likeness (QED) is 0.790. The van der Waals surface area contributed by atoms with Gasteiger partial charge in [-0.05, 0) is 24.5 Å². The Morgan fingerprint density at radius 3 is 2.67 bits per heavy atom. The van der Waals surface area contributed by atoms with Crippen LogP contribution in [0.25, 0.3) is 10.2 Å². The van der Waals surface area contributed by atoms with Crippen molar-refractivity contribution in [2.24, 2.45) is 11.7 Å². The van der Waals surface area contributed by atoms with Gasteiger partial charge in [0.15, 0.2) is 5.13 Å². The topological polar surface area (TPSA) is 97.1 Å². The highest BCUT2D eigenvalue weighted by atomic mass is 32.1. The molecule has 1 atom stereocenters. The van der Waals surface area contributed by atoms with Gasteiger partial charge in [-0.25, -0.2) is 9.78 Å². The van der Waals surface area contributed by atoms with Crippen molar-refractivity contribution in [2.45, 2.75) is 26.3 Å². The second-order valence-electron chi connectivity index (χ2n) is 5.17. The van der Waals surface area contributed by atoms with Crippen molar-refractivity contribution in [3.63, 3.8) is 0 Å². The molecule has 0 fully saturated rings. The maximum absolute atomic E-state index is 12.2. The van der Waals surface area contributed by atoms with Gasteiger partial charge in [0.2, 0.25) is 5.91 Å². The minimum atomic E-state index is -0.708. The number of carbonyl (C=O) groups is 2. The first-order valence-electron chi connectivity index (χ1n) is 6.68. The van der Waals surface area contributed by atoms with Crippen LogP contribution in [0.2, 0.25) is 0 Å². The van der Waals surface area contributed by atoms with Crippen molar-refractivity contribution in [1.29, 1.82) is 0 Å². The summed E-state index contributed by atoms with van der Waals surface area (Å²) in [4.78, 5) is 27.6. The smallest absolute Gasteiger partial charge is 0.312 e. The van der Waals surface area contributed by atoms with Crippen LogP contribution in [0, 0.1) is 5.92 Å². The summed E-state index contributed by atoms with van der Waals surface area (Å²) in [6, 6.07) is 6.27. The molecule has 7 heteroatoms. The molecule has 0 unspecified atom stereocenters. The molecule has 112 valence electrons. The third-order valence-electron chi connectivity index (χ3n) is 2.86. The fraction of sp³-hybridized carbons (Fsp3) is 0.357. The SMILES string of the molecule is CC(C)C[C@H](NC(N)=O)C(=O)Nc1nc2ccccc2s1. The Kier molecular flexibility index (Phi) is 4.74. The number of anilines is 1. The van der Waals surface area contributed by atoms with Crippen LogP contribution in [0.15, 0.2) is 24.3 Å². The molecule has 1 aromatic heterocycles. The Hall–Kier alpha value is -2.15. The first-order chi connectivity index (χ1) is 9.95. The molecule has 4 N–H and O–H groups in total. The number of hydrogen-bond donors (Lipinski definition) is 3. The molecule has 1 aromatic carbocycles. The van der Waals surface area contributed by atoms with Crippen LogP contribution in [-0.2, 0) is 4.79 Å². The molecule has 0 bridgehead atoms. The number of rotatable bonds is 5. The van der Waals surface area contributed by atoms with Crippen LogP contribution < -0.4 is 16.4 Å². The highest BCUT2D eigenvalue weighted by Gasteiger charge is 2.22. The summed E-state index contributed by atoms with van der Waals surface area (Å²) < 4.78 is 0.996. The molecule has 0 saturated heterocycles. The van der Waals surface area contributed by atoms with E-state index in [-0.39, 0.29) is 11.8 Å². The highest BCUT2D eigenvalue weighted by molar-refractivity contribution is 7.22. The van der Waals surface area contributed by atoms with E-state index in [9.17, 15) is 9.59 Å². The van der Waals surface area contributed by atoms with Crippen LogP contribution >= 0.6 is 11.3 Å². The third-order valence-corrected chi connectivity index (χ3v) is 3.82. The Balaban J connectivity index is 2.11. The van der Waals surface area contributed by atoms with E-state index < -0.39 is 12.1 Å². The van der Waals surface area contributed by atoms with Crippen molar-refractivity contribution in [3.8, 4) is 0 Å². The summed E-state index contributed by atoms with van der Waals surface area (Å²) in [7, 11) is 0. The van der Waals surface area contributed by atoms with Gasteiger partial charge >= 0.3 is 6.03 Å². The first-order valence-corrected chi connectivity index (χ1v) is 7.49. The zero-order valence-electron chi connectivity index (χ0n) is 11.9. The van der Waals surface area contributed by atoms with Gasteiger partial charge in [0.1, 0.15) is 6.04 Å². The van der Waals surface area contributed by atoms with Gasteiger partial charge in [0, 0.05) is 0 Å². The Morgan fingerprint density at radius 1 is 1.33 bits per heavy atom. The van der Waals surface area contributed by atoms with Crippen LogP contribution in [0.1, 0.15) is 20.3 Å². The van der Waals surface area contributed by atoms with Crippen molar-refractivity contribution in [2.75, 3.05) is 5.32 Å². The molecule has 1 heterocycles. The summed E-state index contributed by atoms with van der Waals surface area (Å²) >= 11 is 1.39. The molecule has 0 aliphatic rings. The maximum atomic E-state index is 12.2. The van der Waals surface area contributed by atoms with Crippen LogP contribution in [0.4, 0.5) is 9.93 Å². The molecule has 0 saturated carbocycles. The number of primary amides is 1. The van der Waals surface area contributed by atoms with Crippen molar-refractivity contribution >= 4 is 38.6 Å². The van der Waals surface area contributed by atoms with Crippen LogP contribution in [0.5, 0.6) is 0 Å². The molecule has 0 aliphatic heterocycles.